The average molecular weight is 280 g/mol. The van der Waals surface area contributed by atoms with E-state index in [1.165, 1.54) is 51.4 Å². The number of hydrogen-bond donors (Lipinski definition) is 0. The molecule has 0 amide bonds. The lowest BCUT2D eigenvalue weighted by molar-refractivity contribution is 0.554. The van der Waals surface area contributed by atoms with Crippen LogP contribution in [-0.2, 0) is 0 Å². The van der Waals surface area contributed by atoms with Gasteiger partial charge in [-0.2, -0.15) is 0 Å². The molecule has 0 N–H and O–H groups in total. The summed E-state index contributed by atoms with van der Waals surface area (Å²) in [5.41, 5.74) is 0. The highest BCUT2D eigenvalue weighted by atomic mass is 35.5. The van der Waals surface area contributed by atoms with Gasteiger partial charge in [0.25, 0.3) is 0 Å². The monoisotopic (exact) mass is 279 g/mol. The Hall–Kier alpha value is 0.580. The number of hydrogen-bond acceptors (Lipinski definition) is 0. The van der Waals surface area contributed by atoms with Crippen molar-refractivity contribution in [3.8, 4) is 0 Å². The summed E-state index contributed by atoms with van der Waals surface area (Å²) in [6, 6.07) is 0. The summed E-state index contributed by atoms with van der Waals surface area (Å²) in [5.74, 6) is 0. The summed E-state index contributed by atoms with van der Waals surface area (Å²) in [7, 11) is 0. The zero-order valence-electron chi connectivity index (χ0n) is 11.4. The Morgan fingerprint density at radius 3 is 1.71 bits per heavy atom. The van der Waals surface area contributed by atoms with Crippen molar-refractivity contribution in [3.63, 3.8) is 0 Å². The molecular formula is C15H29Cl2. The Morgan fingerprint density at radius 2 is 1.24 bits per heavy atom. The van der Waals surface area contributed by atoms with Crippen LogP contribution >= 0.6 is 23.2 Å². The summed E-state index contributed by atoms with van der Waals surface area (Å²) in [4.78, 5) is 0. The molecule has 0 aromatic carbocycles. The first-order chi connectivity index (χ1) is 8.22. The molecule has 0 saturated heterocycles. The van der Waals surface area contributed by atoms with Crippen molar-refractivity contribution in [2.75, 3.05) is 0 Å². The lowest BCUT2D eigenvalue weighted by Gasteiger charge is -2.15. The van der Waals surface area contributed by atoms with Gasteiger partial charge in [0.15, 0.2) is 0 Å². The molecule has 2 atom stereocenters. The number of unbranched alkanes of at least 4 members (excludes halogenated alkanes) is 7. The molecule has 0 nitrogen and oxygen atoms in total. The normalized spacial score (nSPS) is 14.8. The van der Waals surface area contributed by atoms with E-state index in [0.717, 1.165) is 19.3 Å². The van der Waals surface area contributed by atoms with Crippen molar-refractivity contribution in [3.05, 3.63) is 6.92 Å². The second-order valence-corrected chi connectivity index (χ2v) is 6.06. The first-order valence-electron chi connectivity index (χ1n) is 7.29. The van der Waals surface area contributed by atoms with E-state index in [2.05, 4.69) is 13.8 Å². The van der Waals surface area contributed by atoms with Crippen LogP contribution in [-0.4, -0.2) is 10.8 Å². The highest BCUT2D eigenvalue weighted by Gasteiger charge is 2.15. The third-order valence-corrected chi connectivity index (χ3v) is 4.38. The minimum atomic E-state index is 0.165. The van der Waals surface area contributed by atoms with Crippen molar-refractivity contribution < 1.29 is 0 Å². The number of halogens is 2. The molecular weight excluding hydrogens is 251 g/mol. The minimum absolute atomic E-state index is 0.165. The first kappa shape index (κ1) is 17.6. The number of alkyl halides is 2. The van der Waals surface area contributed by atoms with Crippen LogP contribution in [0.2, 0.25) is 0 Å². The molecule has 0 bridgehead atoms. The Bertz CT molecular complexity index is 148. The van der Waals surface area contributed by atoms with Gasteiger partial charge >= 0.3 is 0 Å². The van der Waals surface area contributed by atoms with E-state index in [1.54, 1.807) is 0 Å². The van der Waals surface area contributed by atoms with Gasteiger partial charge in [-0.05, 0) is 12.8 Å². The van der Waals surface area contributed by atoms with Crippen LogP contribution in [0.3, 0.4) is 0 Å². The van der Waals surface area contributed by atoms with Gasteiger partial charge in [-0.25, -0.2) is 0 Å². The standard InChI is InChI=1S/C15H29Cl2/c1-3-5-7-9-11-13-15(17)14(16)12-10-8-6-4-2/h14-15H,1,3-13H2,2H3. The second-order valence-electron chi connectivity index (χ2n) is 4.94. The van der Waals surface area contributed by atoms with Gasteiger partial charge in [-0.1, -0.05) is 71.6 Å². The fraction of sp³-hybridized carbons (Fsp3) is 0.933. The molecule has 2 heteroatoms. The largest absolute Gasteiger partial charge is 0.121 e. The lowest BCUT2D eigenvalue weighted by Crippen LogP contribution is -2.14. The summed E-state index contributed by atoms with van der Waals surface area (Å²) >= 11 is 12.6. The molecule has 2 unspecified atom stereocenters. The zero-order chi connectivity index (χ0) is 12.9. The maximum Gasteiger partial charge on any atom is 0.0499 e. The predicted molar refractivity (Wildman–Crippen MR) is 81.1 cm³/mol. The zero-order valence-corrected chi connectivity index (χ0v) is 12.9. The van der Waals surface area contributed by atoms with E-state index < -0.39 is 0 Å². The van der Waals surface area contributed by atoms with Crippen LogP contribution in [0, 0.1) is 6.92 Å². The van der Waals surface area contributed by atoms with E-state index in [1.807, 2.05) is 0 Å². The molecule has 17 heavy (non-hydrogen) atoms. The van der Waals surface area contributed by atoms with Crippen LogP contribution in [0.15, 0.2) is 0 Å². The van der Waals surface area contributed by atoms with Gasteiger partial charge in [-0.3, -0.25) is 0 Å². The van der Waals surface area contributed by atoms with Crippen molar-refractivity contribution >= 4 is 23.2 Å². The van der Waals surface area contributed by atoms with Crippen molar-refractivity contribution in [1.29, 1.82) is 0 Å². The molecule has 0 aliphatic rings. The summed E-state index contributed by atoms with van der Waals surface area (Å²) in [5, 5.41) is 0.333. The highest BCUT2D eigenvalue weighted by Crippen LogP contribution is 2.22. The van der Waals surface area contributed by atoms with E-state index in [-0.39, 0.29) is 10.8 Å². The van der Waals surface area contributed by atoms with Crippen LogP contribution in [0.5, 0.6) is 0 Å². The van der Waals surface area contributed by atoms with Gasteiger partial charge < -0.3 is 0 Å². The van der Waals surface area contributed by atoms with Crippen molar-refractivity contribution in [1.82, 2.24) is 0 Å². The van der Waals surface area contributed by atoms with Gasteiger partial charge in [-0.15, -0.1) is 23.2 Å². The molecule has 0 saturated carbocycles. The Morgan fingerprint density at radius 1 is 0.765 bits per heavy atom. The third kappa shape index (κ3) is 11.4. The summed E-state index contributed by atoms with van der Waals surface area (Å²) < 4.78 is 0. The third-order valence-electron chi connectivity index (χ3n) is 3.21. The molecule has 0 aliphatic heterocycles. The highest BCUT2D eigenvalue weighted by molar-refractivity contribution is 6.29. The van der Waals surface area contributed by atoms with Gasteiger partial charge in [0, 0.05) is 10.8 Å². The van der Waals surface area contributed by atoms with E-state index >= 15 is 0 Å². The topological polar surface area (TPSA) is 0 Å². The molecule has 0 fully saturated rings. The van der Waals surface area contributed by atoms with Gasteiger partial charge in [0.1, 0.15) is 0 Å². The average Bonchev–Trinajstić information content (AvgIpc) is 2.34. The molecule has 0 spiro atoms. The van der Waals surface area contributed by atoms with Crippen molar-refractivity contribution in [2.45, 2.75) is 88.3 Å². The molecule has 0 aromatic heterocycles. The summed E-state index contributed by atoms with van der Waals surface area (Å²) in [6.07, 6.45) is 13.4. The van der Waals surface area contributed by atoms with E-state index in [0.29, 0.717) is 0 Å². The first-order valence-corrected chi connectivity index (χ1v) is 8.17. The fourth-order valence-corrected chi connectivity index (χ4v) is 2.56. The van der Waals surface area contributed by atoms with E-state index in [9.17, 15) is 0 Å². The Labute approximate surface area is 118 Å². The Balaban J connectivity index is 3.36. The number of rotatable bonds is 12. The summed E-state index contributed by atoms with van der Waals surface area (Å²) in [6.45, 7) is 6.08. The molecule has 103 valence electrons. The molecule has 0 heterocycles. The maximum absolute atomic E-state index is 6.31. The predicted octanol–water partition coefficient (Wildman–Crippen LogP) is 6.35. The molecule has 0 aromatic rings. The van der Waals surface area contributed by atoms with E-state index in [4.69, 9.17) is 23.2 Å². The van der Waals surface area contributed by atoms with Gasteiger partial charge in [0.2, 0.25) is 0 Å². The molecule has 0 rings (SSSR count). The lowest BCUT2D eigenvalue weighted by atomic mass is 10.0. The molecule has 1 radical (unpaired) electrons. The Kier molecular flexibility index (Phi) is 13.5. The SMILES string of the molecule is [CH2]CCCCCCC(Cl)C(Cl)CCCCCC. The second kappa shape index (κ2) is 13.0. The smallest absolute Gasteiger partial charge is 0.0499 e. The van der Waals surface area contributed by atoms with Gasteiger partial charge in [0.05, 0.1) is 0 Å². The maximum atomic E-state index is 6.31. The quantitative estimate of drug-likeness (QED) is 0.289. The fourth-order valence-electron chi connectivity index (χ4n) is 2.00. The van der Waals surface area contributed by atoms with Crippen molar-refractivity contribution in [2.24, 2.45) is 0 Å². The van der Waals surface area contributed by atoms with Crippen LogP contribution in [0.25, 0.3) is 0 Å². The van der Waals surface area contributed by atoms with Crippen LogP contribution in [0.1, 0.15) is 77.6 Å². The molecule has 0 aliphatic carbocycles. The van der Waals surface area contributed by atoms with Crippen LogP contribution < -0.4 is 0 Å². The minimum Gasteiger partial charge on any atom is -0.121 e. The van der Waals surface area contributed by atoms with Crippen LogP contribution in [0.4, 0.5) is 0 Å².